The normalized spacial score (nSPS) is 11.7. The molecule has 176 valence electrons. The highest BCUT2D eigenvalue weighted by Gasteiger charge is 2.23. The summed E-state index contributed by atoms with van der Waals surface area (Å²) in [6.45, 7) is 0. The van der Waals surface area contributed by atoms with Gasteiger partial charge in [-0.1, -0.05) is 109 Å². The number of para-hydroxylation sites is 1. The minimum absolute atomic E-state index is 0.676. The van der Waals surface area contributed by atoms with E-state index < -0.39 is 0 Å². The Labute approximate surface area is 220 Å². The van der Waals surface area contributed by atoms with E-state index in [0.717, 1.165) is 44.5 Å². The van der Waals surface area contributed by atoms with Crippen LogP contribution in [0, 0.1) is 0 Å². The van der Waals surface area contributed by atoms with Gasteiger partial charge in [0.25, 0.3) is 0 Å². The summed E-state index contributed by atoms with van der Waals surface area (Å²) in [6, 6.07) is 42.4. The lowest BCUT2D eigenvalue weighted by Gasteiger charge is -2.13. The van der Waals surface area contributed by atoms with Crippen molar-refractivity contribution >= 4 is 21.7 Å². The number of hydrogen-bond acceptors (Lipinski definition) is 3. The van der Waals surface area contributed by atoms with Gasteiger partial charge in [-0.05, 0) is 39.6 Å². The van der Waals surface area contributed by atoms with Gasteiger partial charge in [0.1, 0.15) is 0 Å². The molecule has 5 aromatic carbocycles. The van der Waals surface area contributed by atoms with Gasteiger partial charge in [-0.3, -0.25) is 4.98 Å². The molecule has 1 aliphatic carbocycles. The second-order valence-electron chi connectivity index (χ2n) is 9.65. The van der Waals surface area contributed by atoms with Crippen LogP contribution in [0.15, 0.2) is 128 Å². The molecule has 38 heavy (non-hydrogen) atoms. The highest BCUT2D eigenvalue weighted by atomic mass is 14.9. The van der Waals surface area contributed by atoms with Crippen molar-refractivity contribution < 1.29 is 0 Å². The maximum atomic E-state index is 5.10. The molecule has 0 spiro atoms. The fourth-order valence-electron chi connectivity index (χ4n) is 5.74. The van der Waals surface area contributed by atoms with Crippen LogP contribution in [0.25, 0.3) is 77.8 Å². The standard InChI is InChI=1S/C35H21N3/c1-2-10-23(11-3-1)33-28-16-6-7-19-31(28)37-35(38-33)24-20-30-26-15-5-4-14-25(26)27-17-8-12-22-13-9-18-29(32(22)27)34(30)36-21-24/h1-21H. The second-order valence-corrected chi connectivity index (χ2v) is 9.65. The molecular formula is C35H21N3. The maximum absolute atomic E-state index is 5.10. The predicted octanol–water partition coefficient (Wildman–Crippen LogP) is 8.83. The van der Waals surface area contributed by atoms with Gasteiger partial charge in [-0.25, -0.2) is 9.97 Å². The lowest BCUT2D eigenvalue weighted by atomic mass is 9.94. The Hall–Kier alpha value is -5.15. The first-order valence-electron chi connectivity index (χ1n) is 12.8. The van der Waals surface area contributed by atoms with Crippen molar-refractivity contribution in [2.24, 2.45) is 0 Å². The van der Waals surface area contributed by atoms with E-state index in [1.54, 1.807) is 0 Å². The third kappa shape index (κ3) is 3.12. The third-order valence-corrected chi connectivity index (χ3v) is 7.46. The van der Waals surface area contributed by atoms with Crippen molar-refractivity contribution in [3.8, 4) is 56.2 Å². The number of benzene rings is 5. The van der Waals surface area contributed by atoms with Crippen molar-refractivity contribution in [2.75, 3.05) is 0 Å². The van der Waals surface area contributed by atoms with Crippen molar-refractivity contribution in [1.82, 2.24) is 15.0 Å². The van der Waals surface area contributed by atoms with Gasteiger partial charge in [-0.2, -0.15) is 0 Å². The Morgan fingerprint density at radius 3 is 1.97 bits per heavy atom. The van der Waals surface area contributed by atoms with Crippen LogP contribution in [-0.2, 0) is 0 Å². The summed E-state index contributed by atoms with van der Waals surface area (Å²) in [5.41, 5.74) is 10.7. The fourth-order valence-corrected chi connectivity index (χ4v) is 5.74. The van der Waals surface area contributed by atoms with Crippen molar-refractivity contribution in [2.45, 2.75) is 0 Å². The van der Waals surface area contributed by atoms with Gasteiger partial charge in [0, 0.05) is 33.8 Å². The van der Waals surface area contributed by atoms with Gasteiger partial charge in [0.15, 0.2) is 5.82 Å². The summed E-state index contributed by atoms with van der Waals surface area (Å²) in [4.78, 5) is 15.2. The molecule has 0 saturated heterocycles. The third-order valence-electron chi connectivity index (χ3n) is 7.46. The number of nitrogens with zero attached hydrogens (tertiary/aromatic N) is 3. The van der Waals surface area contributed by atoms with Gasteiger partial charge in [0.2, 0.25) is 0 Å². The SMILES string of the molecule is c1ccc(-c2nc(-c3cnc4c(c3)-c3ccccc3-c3cccc5cccc-4c35)nc3ccccc23)cc1. The van der Waals surface area contributed by atoms with E-state index in [0.29, 0.717) is 5.82 Å². The first-order valence-corrected chi connectivity index (χ1v) is 12.8. The number of fused-ring (bicyclic) bond motifs is 6. The summed E-state index contributed by atoms with van der Waals surface area (Å²) in [5.74, 6) is 0.676. The maximum Gasteiger partial charge on any atom is 0.162 e. The lowest BCUT2D eigenvalue weighted by Crippen LogP contribution is -1.97. The number of pyridine rings is 1. The molecule has 0 amide bonds. The molecule has 0 radical (unpaired) electrons. The first-order chi connectivity index (χ1) is 18.8. The molecule has 0 N–H and O–H groups in total. The van der Waals surface area contributed by atoms with E-state index >= 15 is 0 Å². The van der Waals surface area contributed by atoms with Gasteiger partial charge >= 0.3 is 0 Å². The molecule has 3 heteroatoms. The van der Waals surface area contributed by atoms with E-state index in [9.17, 15) is 0 Å². The molecule has 0 atom stereocenters. The van der Waals surface area contributed by atoms with Crippen molar-refractivity contribution in [1.29, 1.82) is 0 Å². The average molecular weight is 484 g/mol. The number of aromatic nitrogens is 3. The van der Waals surface area contributed by atoms with Crippen LogP contribution in [-0.4, -0.2) is 15.0 Å². The molecule has 0 bridgehead atoms. The topological polar surface area (TPSA) is 38.7 Å². The molecule has 0 saturated carbocycles. The summed E-state index contributed by atoms with van der Waals surface area (Å²) in [6.07, 6.45) is 1.92. The van der Waals surface area contributed by atoms with Crippen LogP contribution in [0.2, 0.25) is 0 Å². The lowest BCUT2D eigenvalue weighted by molar-refractivity contribution is 1.21. The fraction of sp³-hybridized carbons (Fsp3) is 0. The summed E-state index contributed by atoms with van der Waals surface area (Å²) < 4.78 is 0. The number of hydrogen-bond donors (Lipinski definition) is 0. The Balaban J connectivity index is 1.41. The van der Waals surface area contributed by atoms with Crippen LogP contribution in [0.3, 0.4) is 0 Å². The predicted molar refractivity (Wildman–Crippen MR) is 156 cm³/mol. The zero-order valence-corrected chi connectivity index (χ0v) is 20.5. The summed E-state index contributed by atoms with van der Waals surface area (Å²) in [7, 11) is 0. The van der Waals surface area contributed by atoms with Crippen LogP contribution >= 0.6 is 0 Å². The van der Waals surface area contributed by atoms with Crippen LogP contribution in [0.5, 0.6) is 0 Å². The first kappa shape index (κ1) is 21.0. The largest absolute Gasteiger partial charge is 0.255 e. The van der Waals surface area contributed by atoms with E-state index in [4.69, 9.17) is 15.0 Å². The smallest absolute Gasteiger partial charge is 0.162 e. The molecule has 1 aliphatic rings. The second kappa shape index (κ2) is 8.19. The number of rotatable bonds is 2. The Kier molecular flexibility index (Phi) is 4.52. The molecular weight excluding hydrogens is 462 g/mol. The van der Waals surface area contributed by atoms with Crippen LogP contribution < -0.4 is 0 Å². The van der Waals surface area contributed by atoms with E-state index in [1.165, 1.54) is 27.5 Å². The van der Waals surface area contributed by atoms with Gasteiger partial charge in [-0.15, -0.1) is 0 Å². The van der Waals surface area contributed by atoms with Gasteiger partial charge < -0.3 is 0 Å². The molecule has 2 heterocycles. The Morgan fingerprint density at radius 1 is 0.447 bits per heavy atom. The van der Waals surface area contributed by atoms with E-state index in [2.05, 4.69) is 91.0 Å². The summed E-state index contributed by atoms with van der Waals surface area (Å²) in [5, 5.41) is 3.51. The average Bonchev–Trinajstić information content (AvgIpc) is 3.11. The highest BCUT2D eigenvalue weighted by molar-refractivity contribution is 6.12. The molecule has 2 aromatic heterocycles. The molecule has 0 unspecified atom stereocenters. The van der Waals surface area contributed by atoms with Crippen molar-refractivity contribution in [3.63, 3.8) is 0 Å². The molecule has 8 rings (SSSR count). The minimum Gasteiger partial charge on any atom is -0.255 e. The quantitative estimate of drug-likeness (QED) is 0.246. The monoisotopic (exact) mass is 483 g/mol. The van der Waals surface area contributed by atoms with E-state index in [-0.39, 0.29) is 0 Å². The van der Waals surface area contributed by atoms with Crippen LogP contribution in [0.4, 0.5) is 0 Å². The van der Waals surface area contributed by atoms with E-state index in [1.807, 2.05) is 36.5 Å². The molecule has 0 aliphatic heterocycles. The van der Waals surface area contributed by atoms with Crippen molar-refractivity contribution in [3.05, 3.63) is 128 Å². The zero-order chi connectivity index (χ0) is 25.1. The zero-order valence-electron chi connectivity index (χ0n) is 20.5. The van der Waals surface area contributed by atoms with Crippen LogP contribution in [0.1, 0.15) is 0 Å². The highest BCUT2D eigenvalue weighted by Crippen LogP contribution is 2.47. The Morgan fingerprint density at radius 2 is 1.13 bits per heavy atom. The Bertz CT molecular complexity index is 2020. The molecule has 3 nitrogen and oxygen atoms in total. The minimum atomic E-state index is 0.676. The molecule has 7 aromatic rings. The summed E-state index contributed by atoms with van der Waals surface area (Å²) >= 11 is 0. The van der Waals surface area contributed by atoms with Gasteiger partial charge in [0.05, 0.1) is 16.9 Å². The molecule has 0 fully saturated rings.